The van der Waals surface area contributed by atoms with E-state index in [1.54, 1.807) is 0 Å². The molecule has 2 amide bonds. The second kappa shape index (κ2) is 11.7. The molecule has 0 radical (unpaired) electrons. The molecule has 0 saturated carbocycles. The summed E-state index contributed by atoms with van der Waals surface area (Å²) in [6.07, 6.45) is -0.0630. The zero-order valence-electron chi connectivity index (χ0n) is 15.2. The molecule has 2 aromatic carbocycles. The number of halogens is 1. The van der Waals surface area contributed by atoms with E-state index >= 15 is 0 Å². The quantitative estimate of drug-likeness (QED) is 0.538. The van der Waals surface area contributed by atoms with Crippen LogP contribution in [0.2, 0.25) is 0 Å². The van der Waals surface area contributed by atoms with Gasteiger partial charge in [-0.1, -0.05) is 60.7 Å². The lowest BCUT2D eigenvalue weighted by atomic mass is 10.1. The summed E-state index contributed by atoms with van der Waals surface area (Å²) < 4.78 is 5.34. The number of rotatable bonds is 9. The fourth-order valence-electron chi connectivity index (χ4n) is 2.46. The molecule has 0 unspecified atom stereocenters. The number of nitrogens with two attached hydrogens (primary N) is 2. The molecule has 0 aliphatic heterocycles. The summed E-state index contributed by atoms with van der Waals surface area (Å²) in [5.41, 5.74) is 12.4. The third-order valence-corrected chi connectivity index (χ3v) is 3.87. The highest BCUT2D eigenvalue weighted by molar-refractivity contribution is 5.90. The van der Waals surface area contributed by atoms with Crippen molar-refractivity contribution in [3.8, 4) is 0 Å². The van der Waals surface area contributed by atoms with Gasteiger partial charge >= 0.3 is 5.97 Å². The predicted molar refractivity (Wildman–Crippen MR) is 107 cm³/mol. The number of amides is 2. The van der Waals surface area contributed by atoms with Gasteiger partial charge in [-0.25, -0.2) is 4.79 Å². The number of carbonyl (C=O) groups excluding carboxylic acids is 3. The summed E-state index contributed by atoms with van der Waals surface area (Å²) in [7, 11) is 0. The lowest BCUT2D eigenvalue weighted by molar-refractivity contribution is -0.149. The van der Waals surface area contributed by atoms with Crippen LogP contribution >= 0.6 is 12.4 Å². The van der Waals surface area contributed by atoms with Crippen LogP contribution in [-0.4, -0.2) is 29.9 Å². The van der Waals surface area contributed by atoms with Crippen LogP contribution in [0.5, 0.6) is 0 Å². The van der Waals surface area contributed by atoms with E-state index in [9.17, 15) is 14.4 Å². The summed E-state index contributed by atoms with van der Waals surface area (Å²) >= 11 is 0. The van der Waals surface area contributed by atoms with Gasteiger partial charge in [-0.2, -0.15) is 0 Å². The average molecular weight is 406 g/mol. The standard InChI is InChI=1S/C20H23N3O4.ClH/c21-16(12-18(22)24)19(25)23-17(11-14-7-3-1-4-8-14)20(26)27-13-15-9-5-2-6-10-15;/h1-10,16-17H,11-13,21H2,(H2,22,24)(H,23,25);1H/t16-,17-;/m1./s1. The molecule has 2 aromatic rings. The molecule has 7 nitrogen and oxygen atoms in total. The maximum atomic E-state index is 12.5. The van der Waals surface area contributed by atoms with E-state index in [1.165, 1.54) is 0 Å². The minimum atomic E-state index is -1.12. The normalized spacial score (nSPS) is 12.2. The van der Waals surface area contributed by atoms with Gasteiger partial charge in [-0.3, -0.25) is 9.59 Å². The third kappa shape index (κ3) is 7.77. The van der Waals surface area contributed by atoms with Crippen molar-refractivity contribution in [2.45, 2.75) is 31.5 Å². The zero-order chi connectivity index (χ0) is 19.6. The van der Waals surface area contributed by atoms with Crippen molar-refractivity contribution in [2.75, 3.05) is 0 Å². The highest BCUT2D eigenvalue weighted by Gasteiger charge is 2.26. The van der Waals surface area contributed by atoms with E-state index in [0.29, 0.717) is 0 Å². The predicted octanol–water partition coefficient (Wildman–Crippen LogP) is 1.08. The molecule has 2 atom stereocenters. The number of hydrogen-bond acceptors (Lipinski definition) is 5. The molecule has 0 bridgehead atoms. The Bertz CT molecular complexity index is 772. The third-order valence-electron chi connectivity index (χ3n) is 3.87. The van der Waals surface area contributed by atoms with Crippen molar-refractivity contribution < 1.29 is 19.1 Å². The van der Waals surface area contributed by atoms with Gasteiger partial charge in [0.25, 0.3) is 0 Å². The van der Waals surface area contributed by atoms with Crippen LogP contribution in [0.3, 0.4) is 0 Å². The summed E-state index contributed by atoms with van der Waals surface area (Å²) in [5.74, 6) is -1.90. The number of benzene rings is 2. The maximum Gasteiger partial charge on any atom is 0.329 e. The van der Waals surface area contributed by atoms with Gasteiger partial charge in [-0.15, -0.1) is 12.4 Å². The number of nitrogens with one attached hydrogen (secondary N) is 1. The Balaban J connectivity index is 0.00000392. The molecule has 150 valence electrons. The van der Waals surface area contributed by atoms with Crippen molar-refractivity contribution in [3.63, 3.8) is 0 Å². The highest BCUT2D eigenvalue weighted by atomic mass is 35.5. The number of carbonyl (C=O) groups is 3. The molecule has 0 spiro atoms. The van der Waals surface area contributed by atoms with Gasteiger partial charge in [0.15, 0.2) is 0 Å². The van der Waals surface area contributed by atoms with Gasteiger partial charge in [-0.05, 0) is 11.1 Å². The summed E-state index contributed by atoms with van der Waals surface area (Å²) in [6.45, 7) is 0.0914. The second-order valence-electron chi connectivity index (χ2n) is 6.12. The van der Waals surface area contributed by atoms with Crippen LogP contribution in [-0.2, 0) is 32.1 Å². The van der Waals surface area contributed by atoms with E-state index in [4.69, 9.17) is 16.2 Å². The number of hydrogen-bond donors (Lipinski definition) is 3. The van der Waals surface area contributed by atoms with E-state index in [-0.39, 0.29) is 31.9 Å². The van der Waals surface area contributed by atoms with E-state index < -0.39 is 29.9 Å². The van der Waals surface area contributed by atoms with Gasteiger partial charge in [0.2, 0.25) is 11.8 Å². The average Bonchev–Trinajstić information content (AvgIpc) is 2.66. The van der Waals surface area contributed by atoms with Crippen molar-refractivity contribution >= 4 is 30.2 Å². The summed E-state index contributed by atoms with van der Waals surface area (Å²) in [6, 6.07) is 16.4. The Morgan fingerprint density at radius 1 is 0.929 bits per heavy atom. The minimum absolute atomic E-state index is 0. The van der Waals surface area contributed by atoms with Crippen molar-refractivity contribution in [2.24, 2.45) is 11.5 Å². The first-order valence-electron chi connectivity index (χ1n) is 8.54. The highest BCUT2D eigenvalue weighted by Crippen LogP contribution is 2.08. The van der Waals surface area contributed by atoms with Crippen LogP contribution in [0.15, 0.2) is 60.7 Å². The molecule has 0 fully saturated rings. The van der Waals surface area contributed by atoms with Gasteiger partial charge in [0.05, 0.1) is 12.5 Å². The largest absolute Gasteiger partial charge is 0.459 e. The molecule has 0 saturated heterocycles. The maximum absolute atomic E-state index is 12.5. The first kappa shape index (κ1) is 23.1. The second-order valence-corrected chi connectivity index (χ2v) is 6.12. The van der Waals surface area contributed by atoms with Crippen molar-refractivity contribution in [3.05, 3.63) is 71.8 Å². The van der Waals surface area contributed by atoms with Crippen LogP contribution in [0.1, 0.15) is 17.5 Å². The zero-order valence-corrected chi connectivity index (χ0v) is 16.1. The first-order chi connectivity index (χ1) is 13.0. The Morgan fingerprint density at radius 2 is 1.46 bits per heavy atom. The van der Waals surface area contributed by atoms with Crippen molar-refractivity contribution in [1.82, 2.24) is 5.32 Å². The smallest absolute Gasteiger partial charge is 0.329 e. The molecule has 0 aliphatic rings. The fraction of sp³-hybridized carbons (Fsp3) is 0.250. The van der Waals surface area contributed by atoms with Crippen LogP contribution in [0.4, 0.5) is 0 Å². The molecule has 0 heterocycles. The SMILES string of the molecule is Cl.NC(=O)C[C@@H](N)C(=O)N[C@H](Cc1ccccc1)C(=O)OCc1ccccc1. The van der Waals surface area contributed by atoms with Crippen LogP contribution < -0.4 is 16.8 Å². The van der Waals surface area contributed by atoms with Crippen LogP contribution in [0, 0.1) is 0 Å². The molecule has 0 aliphatic carbocycles. The minimum Gasteiger partial charge on any atom is -0.459 e. The first-order valence-corrected chi connectivity index (χ1v) is 8.54. The molecule has 2 rings (SSSR count). The number of primary amides is 1. The molecule has 5 N–H and O–H groups in total. The topological polar surface area (TPSA) is 125 Å². The summed E-state index contributed by atoms with van der Waals surface area (Å²) in [5, 5.41) is 2.56. The lowest BCUT2D eigenvalue weighted by Crippen LogP contribution is -2.50. The van der Waals surface area contributed by atoms with E-state index in [2.05, 4.69) is 5.32 Å². The van der Waals surface area contributed by atoms with Crippen LogP contribution in [0.25, 0.3) is 0 Å². The number of ether oxygens (including phenoxy) is 1. The monoisotopic (exact) mass is 405 g/mol. The van der Waals surface area contributed by atoms with Gasteiger partial charge in [0, 0.05) is 6.42 Å². The Morgan fingerprint density at radius 3 is 2.00 bits per heavy atom. The Hall–Kier alpha value is -2.90. The lowest BCUT2D eigenvalue weighted by Gasteiger charge is -2.20. The van der Waals surface area contributed by atoms with E-state index in [1.807, 2.05) is 60.7 Å². The molecular weight excluding hydrogens is 382 g/mol. The molecular formula is C20H24ClN3O4. The Kier molecular flexibility index (Phi) is 9.70. The molecule has 8 heteroatoms. The fourth-order valence-corrected chi connectivity index (χ4v) is 2.46. The Labute approximate surface area is 169 Å². The molecule has 0 aromatic heterocycles. The van der Waals surface area contributed by atoms with E-state index in [0.717, 1.165) is 11.1 Å². The molecule has 28 heavy (non-hydrogen) atoms. The van der Waals surface area contributed by atoms with Crippen molar-refractivity contribution in [1.29, 1.82) is 0 Å². The number of esters is 1. The van der Waals surface area contributed by atoms with Gasteiger partial charge in [0.1, 0.15) is 12.6 Å². The van der Waals surface area contributed by atoms with Gasteiger partial charge < -0.3 is 21.5 Å². The summed E-state index contributed by atoms with van der Waals surface area (Å²) in [4.78, 5) is 35.7.